The number of carbonyl (C=O) groups excluding carboxylic acids is 3. The van der Waals surface area contributed by atoms with Crippen LogP contribution in [-0.2, 0) is 9.59 Å². The first-order valence-corrected chi connectivity index (χ1v) is 8.49. The van der Waals surface area contributed by atoms with Gasteiger partial charge in [-0.25, -0.2) is 4.79 Å². The Morgan fingerprint density at radius 3 is 2.16 bits per heavy atom. The van der Waals surface area contributed by atoms with Crippen molar-refractivity contribution in [2.75, 3.05) is 12.4 Å². The molecule has 0 aliphatic carbocycles. The van der Waals surface area contributed by atoms with Crippen LogP contribution < -0.4 is 16.0 Å². The summed E-state index contributed by atoms with van der Waals surface area (Å²) in [5.74, 6) is -0.547. The van der Waals surface area contributed by atoms with Gasteiger partial charge in [0.25, 0.3) is 0 Å². The summed E-state index contributed by atoms with van der Waals surface area (Å²) in [6.45, 7) is 1.44. The van der Waals surface area contributed by atoms with Gasteiger partial charge in [-0.05, 0) is 29.8 Å². The molecule has 7 heteroatoms. The molecule has 4 amide bonds. The van der Waals surface area contributed by atoms with Crippen LogP contribution in [0.4, 0.5) is 10.5 Å². The molecule has 0 aliphatic heterocycles. The molecular formula is C18H19N3O3S. The predicted molar refractivity (Wildman–Crippen MR) is 98.4 cm³/mol. The second-order valence-electron chi connectivity index (χ2n) is 5.18. The number of nitrogens with one attached hydrogen (secondary N) is 3. The molecular weight excluding hydrogens is 338 g/mol. The van der Waals surface area contributed by atoms with Crippen LogP contribution in [0.25, 0.3) is 0 Å². The third-order valence-electron chi connectivity index (χ3n) is 3.23. The molecule has 0 unspecified atom stereocenters. The molecule has 0 heterocycles. The lowest BCUT2D eigenvalue weighted by Crippen LogP contribution is -2.39. The van der Waals surface area contributed by atoms with Gasteiger partial charge in [0, 0.05) is 24.6 Å². The van der Waals surface area contributed by atoms with Gasteiger partial charge in [0.05, 0.1) is 0 Å². The smallest absolute Gasteiger partial charge is 0.321 e. The Hall–Kier alpha value is -2.80. The van der Waals surface area contributed by atoms with Crippen molar-refractivity contribution in [3.8, 4) is 0 Å². The van der Waals surface area contributed by atoms with Crippen molar-refractivity contribution in [2.45, 2.75) is 17.1 Å². The van der Waals surface area contributed by atoms with Crippen LogP contribution in [0.3, 0.4) is 0 Å². The van der Waals surface area contributed by atoms with E-state index in [-0.39, 0.29) is 5.91 Å². The number of rotatable bonds is 5. The van der Waals surface area contributed by atoms with E-state index >= 15 is 0 Å². The summed E-state index contributed by atoms with van der Waals surface area (Å²) in [5.41, 5.74) is 1.47. The van der Waals surface area contributed by atoms with Crippen molar-refractivity contribution in [1.29, 1.82) is 0 Å². The highest BCUT2D eigenvalue weighted by atomic mass is 32.2. The fraction of sp³-hybridized carbons (Fsp3) is 0.167. The van der Waals surface area contributed by atoms with Gasteiger partial charge in [0.15, 0.2) is 0 Å². The van der Waals surface area contributed by atoms with E-state index < -0.39 is 17.2 Å². The van der Waals surface area contributed by atoms with Crippen LogP contribution in [0, 0.1) is 0 Å². The fourth-order valence-corrected chi connectivity index (χ4v) is 3.12. The minimum absolute atomic E-state index is 0.146. The lowest BCUT2D eigenvalue weighted by molar-refractivity contribution is -0.119. The molecule has 2 aromatic rings. The standard InChI is InChI=1S/C18H19N3O3S/c1-12(22)20-14-8-10-15(11-9-14)25-16(13-6-4-3-5-7-13)17(23)21-18(24)19-2/h3-11,16H,1-2H3,(H,20,22)(H2,19,21,23,24)/t16-/m0/s1. The Bertz CT molecular complexity index is 748. The molecule has 130 valence electrons. The monoisotopic (exact) mass is 357 g/mol. The zero-order valence-electron chi connectivity index (χ0n) is 13.9. The zero-order chi connectivity index (χ0) is 18.2. The third-order valence-corrected chi connectivity index (χ3v) is 4.50. The van der Waals surface area contributed by atoms with E-state index in [9.17, 15) is 14.4 Å². The zero-order valence-corrected chi connectivity index (χ0v) is 14.7. The van der Waals surface area contributed by atoms with Crippen LogP contribution in [0.1, 0.15) is 17.7 Å². The van der Waals surface area contributed by atoms with Crippen molar-refractivity contribution >= 4 is 35.3 Å². The van der Waals surface area contributed by atoms with Crippen LogP contribution in [0.2, 0.25) is 0 Å². The van der Waals surface area contributed by atoms with Crippen molar-refractivity contribution in [2.24, 2.45) is 0 Å². The topological polar surface area (TPSA) is 87.3 Å². The van der Waals surface area contributed by atoms with E-state index in [1.807, 2.05) is 42.5 Å². The number of imide groups is 1. The van der Waals surface area contributed by atoms with Crippen molar-refractivity contribution in [3.63, 3.8) is 0 Å². The molecule has 1 atom stereocenters. The van der Waals surface area contributed by atoms with Crippen molar-refractivity contribution in [3.05, 3.63) is 60.2 Å². The summed E-state index contributed by atoms with van der Waals surface area (Å²) < 4.78 is 0. The lowest BCUT2D eigenvalue weighted by atomic mass is 10.1. The van der Waals surface area contributed by atoms with E-state index in [0.717, 1.165) is 10.5 Å². The first-order chi connectivity index (χ1) is 12.0. The van der Waals surface area contributed by atoms with Crippen LogP contribution in [0.15, 0.2) is 59.5 Å². The molecule has 0 spiro atoms. The fourth-order valence-electron chi connectivity index (χ4n) is 2.10. The van der Waals surface area contributed by atoms with Gasteiger partial charge in [-0.15, -0.1) is 11.8 Å². The quantitative estimate of drug-likeness (QED) is 0.718. The van der Waals surface area contributed by atoms with Gasteiger partial charge in [0.2, 0.25) is 11.8 Å². The molecule has 0 radical (unpaired) electrons. The van der Waals surface area contributed by atoms with Gasteiger partial charge >= 0.3 is 6.03 Å². The first kappa shape index (κ1) is 18.5. The molecule has 0 bridgehead atoms. The SMILES string of the molecule is CNC(=O)NC(=O)[C@@H](Sc1ccc(NC(C)=O)cc1)c1ccccc1. The summed E-state index contributed by atoms with van der Waals surface area (Å²) in [6, 6.07) is 15.9. The maximum absolute atomic E-state index is 12.5. The summed E-state index contributed by atoms with van der Waals surface area (Å²) in [4.78, 5) is 35.9. The third kappa shape index (κ3) is 5.65. The van der Waals surface area contributed by atoms with E-state index in [1.54, 1.807) is 12.1 Å². The number of anilines is 1. The average Bonchev–Trinajstić information content (AvgIpc) is 2.61. The minimum Gasteiger partial charge on any atom is -0.341 e. The van der Waals surface area contributed by atoms with Crippen molar-refractivity contribution < 1.29 is 14.4 Å². The number of amides is 4. The second-order valence-corrected chi connectivity index (χ2v) is 6.36. The summed E-state index contributed by atoms with van der Waals surface area (Å²) in [7, 11) is 1.45. The van der Waals surface area contributed by atoms with Crippen LogP contribution in [0.5, 0.6) is 0 Å². The predicted octanol–water partition coefficient (Wildman–Crippen LogP) is 2.93. The average molecular weight is 357 g/mol. The number of urea groups is 1. The number of hydrogen-bond acceptors (Lipinski definition) is 4. The Labute approximate surface area is 150 Å². The maximum Gasteiger partial charge on any atom is 0.321 e. The highest BCUT2D eigenvalue weighted by molar-refractivity contribution is 8.00. The number of hydrogen-bond donors (Lipinski definition) is 3. The van der Waals surface area contributed by atoms with E-state index in [4.69, 9.17) is 0 Å². The number of thioether (sulfide) groups is 1. The van der Waals surface area contributed by atoms with E-state index in [0.29, 0.717) is 5.69 Å². The van der Waals surface area contributed by atoms with Gasteiger partial charge in [-0.3, -0.25) is 14.9 Å². The molecule has 2 aromatic carbocycles. The Morgan fingerprint density at radius 1 is 0.960 bits per heavy atom. The summed E-state index contributed by atoms with van der Waals surface area (Å²) in [6.07, 6.45) is 0. The molecule has 2 rings (SSSR count). The highest BCUT2D eigenvalue weighted by Crippen LogP contribution is 2.35. The number of carbonyl (C=O) groups is 3. The molecule has 0 fully saturated rings. The summed E-state index contributed by atoms with van der Waals surface area (Å²) in [5, 5.41) is 6.80. The number of benzene rings is 2. The molecule has 0 aliphatic rings. The normalized spacial score (nSPS) is 11.3. The molecule has 0 aromatic heterocycles. The Kier molecular flexibility index (Phi) is 6.59. The van der Waals surface area contributed by atoms with E-state index in [2.05, 4.69) is 16.0 Å². The first-order valence-electron chi connectivity index (χ1n) is 7.61. The molecule has 25 heavy (non-hydrogen) atoms. The van der Waals surface area contributed by atoms with Crippen LogP contribution in [-0.4, -0.2) is 24.9 Å². The summed E-state index contributed by atoms with van der Waals surface area (Å²) >= 11 is 1.33. The van der Waals surface area contributed by atoms with Gasteiger partial charge in [-0.1, -0.05) is 30.3 Å². The van der Waals surface area contributed by atoms with Gasteiger partial charge in [0.1, 0.15) is 5.25 Å². The Morgan fingerprint density at radius 2 is 1.60 bits per heavy atom. The highest BCUT2D eigenvalue weighted by Gasteiger charge is 2.23. The largest absolute Gasteiger partial charge is 0.341 e. The lowest BCUT2D eigenvalue weighted by Gasteiger charge is -2.16. The molecule has 6 nitrogen and oxygen atoms in total. The molecule has 0 saturated heterocycles. The molecule has 3 N–H and O–H groups in total. The van der Waals surface area contributed by atoms with Gasteiger partial charge in [-0.2, -0.15) is 0 Å². The van der Waals surface area contributed by atoms with Crippen LogP contribution >= 0.6 is 11.8 Å². The van der Waals surface area contributed by atoms with E-state index in [1.165, 1.54) is 25.7 Å². The maximum atomic E-state index is 12.5. The molecule has 0 saturated carbocycles. The minimum atomic E-state index is -0.579. The Balaban J connectivity index is 2.19. The second kappa shape index (κ2) is 8.89. The van der Waals surface area contributed by atoms with Crippen molar-refractivity contribution in [1.82, 2.24) is 10.6 Å². The van der Waals surface area contributed by atoms with Gasteiger partial charge < -0.3 is 10.6 Å².